The van der Waals surface area contributed by atoms with Gasteiger partial charge in [0.05, 0.1) is 14.2 Å². The maximum Gasteiger partial charge on any atom is 0.233 e. The van der Waals surface area contributed by atoms with Gasteiger partial charge in [0.2, 0.25) is 12.0 Å². The van der Waals surface area contributed by atoms with Crippen LogP contribution >= 0.6 is 11.6 Å². The van der Waals surface area contributed by atoms with E-state index in [1.165, 1.54) is 14.2 Å². The van der Waals surface area contributed by atoms with Crippen LogP contribution in [-0.4, -0.2) is 20.5 Å². The monoisotopic (exact) mass is 305 g/mol. The minimum absolute atomic E-state index is 0.327. The van der Waals surface area contributed by atoms with E-state index in [-0.39, 0.29) is 0 Å². The van der Waals surface area contributed by atoms with Gasteiger partial charge in [-0.05, 0) is 29.8 Å². The Balaban J connectivity index is 2.25. The molecular weight excluding hydrogens is 292 g/mol. The number of hydrogen-bond acceptors (Lipinski definition) is 4. The highest BCUT2D eigenvalue weighted by Crippen LogP contribution is 2.38. The fourth-order valence-electron chi connectivity index (χ4n) is 1.82. The zero-order chi connectivity index (χ0) is 15.2. The van der Waals surface area contributed by atoms with Gasteiger partial charge in [0.25, 0.3) is 0 Å². The first-order valence-electron chi connectivity index (χ1n) is 6.19. The summed E-state index contributed by atoms with van der Waals surface area (Å²) < 4.78 is 16.2. The third-order valence-electron chi connectivity index (χ3n) is 2.87. The molecule has 0 spiro atoms. The fraction of sp³-hybridized carbons (Fsp3) is 0.188. The Kier molecular flexibility index (Phi) is 5.06. The van der Waals surface area contributed by atoms with Crippen LogP contribution in [0.3, 0.4) is 0 Å². The molecule has 0 saturated carbocycles. The van der Waals surface area contributed by atoms with Gasteiger partial charge < -0.3 is 14.2 Å². The van der Waals surface area contributed by atoms with Crippen LogP contribution in [-0.2, 0) is 11.4 Å². The highest BCUT2D eigenvalue weighted by atomic mass is 35.5. The first-order valence-corrected chi connectivity index (χ1v) is 6.57. The van der Waals surface area contributed by atoms with Crippen molar-refractivity contribution >= 4 is 17.9 Å². The molecule has 0 aliphatic rings. The van der Waals surface area contributed by atoms with Gasteiger partial charge in [-0.25, -0.2) is 0 Å². The normalized spacial score (nSPS) is 10.0. The van der Waals surface area contributed by atoms with Crippen molar-refractivity contribution in [2.45, 2.75) is 6.61 Å². The summed E-state index contributed by atoms with van der Waals surface area (Å²) in [6, 6.07) is 10.4. The highest BCUT2D eigenvalue weighted by Gasteiger charge is 2.14. The molecule has 0 saturated heterocycles. The van der Waals surface area contributed by atoms with E-state index in [1.807, 2.05) is 12.1 Å². The first-order chi connectivity index (χ1) is 10.2. The Bertz CT molecular complexity index is 598. The number of halogens is 1. The summed E-state index contributed by atoms with van der Waals surface area (Å²) in [5.41, 5.74) is 1.29. The lowest BCUT2D eigenvalue weighted by atomic mass is 10.2. The average molecular weight is 306 g/mol. The van der Waals surface area contributed by atoms with Crippen LogP contribution in [0.1, 0.15) is 11.1 Å². The van der Waals surface area contributed by atoms with Gasteiger partial charge >= 0.3 is 0 Å². The van der Waals surface area contributed by atoms with Crippen LogP contribution in [0.15, 0.2) is 36.4 Å². The quantitative estimate of drug-likeness (QED) is 0.820. The van der Waals surface area contributed by atoms with Gasteiger partial charge in [-0.3, -0.25) is 4.79 Å². The van der Waals surface area contributed by atoms with E-state index in [4.69, 9.17) is 25.8 Å². The molecular formula is C16H14ClO4. The average Bonchev–Trinajstić information content (AvgIpc) is 2.53. The second kappa shape index (κ2) is 6.99. The Hall–Kier alpha value is -2.20. The lowest BCUT2D eigenvalue weighted by Crippen LogP contribution is -2.01. The van der Waals surface area contributed by atoms with Crippen LogP contribution in [0.2, 0.25) is 5.02 Å². The number of benzene rings is 2. The smallest absolute Gasteiger partial charge is 0.233 e. The predicted molar refractivity (Wildman–Crippen MR) is 80.1 cm³/mol. The number of rotatable bonds is 6. The molecule has 109 valence electrons. The van der Waals surface area contributed by atoms with E-state index in [0.717, 1.165) is 5.56 Å². The summed E-state index contributed by atoms with van der Waals surface area (Å²) in [7, 11) is 3.00. The summed E-state index contributed by atoms with van der Waals surface area (Å²) in [6.45, 7) is 0.327. The molecule has 0 aliphatic heterocycles. The van der Waals surface area contributed by atoms with Gasteiger partial charge in [-0.1, -0.05) is 23.7 Å². The van der Waals surface area contributed by atoms with E-state index in [0.29, 0.717) is 34.4 Å². The predicted octanol–water partition coefficient (Wildman–Crippen LogP) is 3.39. The van der Waals surface area contributed by atoms with Crippen molar-refractivity contribution in [2.24, 2.45) is 0 Å². The Morgan fingerprint density at radius 3 is 2.10 bits per heavy atom. The minimum atomic E-state index is 0.327. The zero-order valence-electron chi connectivity index (χ0n) is 11.7. The number of methoxy groups -OCH3 is 2. The van der Waals surface area contributed by atoms with Gasteiger partial charge in [0.15, 0.2) is 11.5 Å². The molecule has 0 unspecified atom stereocenters. The molecule has 0 heterocycles. The summed E-state index contributed by atoms with van der Waals surface area (Å²) >= 11 is 5.84. The van der Waals surface area contributed by atoms with Crippen molar-refractivity contribution in [2.75, 3.05) is 14.2 Å². The largest absolute Gasteiger partial charge is 0.493 e. The topological polar surface area (TPSA) is 44.8 Å². The van der Waals surface area contributed by atoms with E-state index in [9.17, 15) is 4.79 Å². The van der Waals surface area contributed by atoms with Crippen LogP contribution in [0.25, 0.3) is 0 Å². The van der Waals surface area contributed by atoms with Crippen LogP contribution in [0.5, 0.6) is 17.2 Å². The Morgan fingerprint density at radius 2 is 1.62 bits per heavy atom. The highest BCUT2D eigenvalue weighted by molar-refractivity contribution is 6.30. The second-order valence-electron chi connectivity index (χ2n) is 4.23. The van der Waals surface area contributed by atoms with Crippen molar-refractivity contribution in [1.29, 1.82) is 0 Å². The van der Waals surface area contributed by atoms with Crippen molar-refractivity contribution in [1.82, 2.24) is 0 Å². The third kappa shape index (κ3) is 3.67. The Labute approximate surface area is 128 Å². The summed E-state index contributed by atoms with van der Waals surface area (Å²) in [6.07, 6.45) is 1.80. The van der Waals surface area contributed by atoms with E-state index in [2.05, 4.69) is 0 Å². The molecule has 0 amide bonds. The molecule has 1 radical (unpaired) electrons. The SMILES string of the molecule is COc1cc([C]=O)cc(OC)c1OCc1ccc(Cl)cc1. The van der Waals surface area contributed by atoms with Crippen LogP contribution in [0, 0.1) is 0 Å². The molecule has 2 rings (SSSR count). The maximum absolute atomic E-state index is 10.8. The van der Waals surface area contributed by atoms with Crippen molar-refractivity contribution in [3.8, 4) is 17.2 Å². The van der Waals surface area contributed by atoms with E-state index < -0.39 is 0 Å². The fourth-order valence-corrected chi connectivity index (χ4v) is 1.94. The van der Waals surface area contributed by atoms with Crippen LogP contribution < -0.4 is 14.2 Å². The van der Waals surface area contributed by atoms with Gasteiger partial charge in [0, 0.05) is 10.6 Å². The molecule has 21 heavy (non-hydrogen) atoms. The summed E-state index contributed by atoms with van der Waals surface area (Å²) in [5, 5.41) is 0.666. The van der Waals surface area contributed by atoms with Crippen LogP contribution in [0.4, 0.5) is 0 Å². The first kappa shape index (κ1) is 15.2. The van der Waals surface area contributed by atoms with E-state index in [1.54, 1.807) is 30.6 Å². The standard InChI is InChI=1S/C16H14ClO4/c1-19-14-7-12(9-18)8-15(20-2)16(14)21-10-11-3-5-13(17)6-4-11/h3-8H,10H2,1-2H3. The second-order valence-corrected chi connectivity index (χ2v) is 4.66. The molecule has 0 aliphatic carbocycles. The molecule has 2 aromatic carbocycles. The maximum atomic E-state index is 10.8. The lowest BCUT2D eigenvalue weighted by molar-refractivity contribution is 0.266. The number of carbonyl (C=O) groups excluding carboxylic acids is 1. The van der Waals surface area contributed by atoms with E-state index >= 15 is 0 Å². The molecule has 0 aromatic heterocycles. The van der Waals surface area contributed by atoms with Gasteiger partial charge in [0.1, 0.15) is 6.61 Å². The molecule has 5 heteroatoms. The molecule has 4 nitrogen and oxygen atoms in total. The lowest BCUT2D eigenvalue weighted by Gasteiger charge is -2.15. The van der Waals surface area contributed by atoms with Crippen molar-refractivity contribution in [3.63, 3.8) is 0 Å². The molecule has 0 N–H and O–H groups in total. The molecule has 2 aromatic rings. The van der Waals surface area contributed by atoms with Crippen molar-refractivity contribution in [3.05, 3.63) is 52.5 Å². The third-order valence-corrected chi connectivity index (χ3v) is 3.13. The summed E-state index contributed by atoms with van der Waals surface area (Å²) in [4.78, 5) is 10.8. The minimum Gasteiger partial charge on any atom is -0.493 e. The molecule has 0 fully saturated rings. The van der Waals surface area contributed by atoms with Crippen molar-refractivity contribution < 1.29 is 19.0 Å². The van der Waals surface area contributed by atoms with Gasteiger partial charge in [-0.15, -0.1) is 0 Å². The summed E-state index contributed by atoms with van der Waals surface area (Å²) in [5.74, 6) is 1.28. The van der Waals surface area contributed by atoms with Gasteiger partial charge in [-0.2, -0.15) is 0 Å². The zero-order valence-corrected chi connectivity index (χ0v) is 12.4. The number of hydrogen-bond donors (Lipinski definition) is 0. The molecule has 0 atom stereocenters. The molecule has 0 bridgehead atoms. The Morgan fingerprint density at radius 1 is 1.05 bits per heavy atom. The number of ether oxygens (including phenoxy) is 3.